The molecule has 0 aliphatic rings. The first-order chi connectivity index (χ1) is 8.54. The minimum Gasteiger partial charge on any atom is -0.489 e. The van der Waals surface area contributed by atoms with E-state index in [0.717, 1.165) is 0 Å². The van der Waals surface area contributed by atoms with Crippen molar-refractivity contribution in [2.75, 3.05) is 13.7 Å². The van der Waals surface area contributed by atoms with E-state index in [4.69, 9.17) is 4.74 Å². The SMILES string of the molecule is COC(=O)C(COc1cccnc1C)NC(C)=O. The number of amides is 1. The maximum Gasteiger partial charge on any atom is 0.331 e. The summed E-state index contributed by atoms with van der Waals surface area (Å²) in [7, 11) is 1.26. The lowest BCUT2D eigenvalue weighted by atomic mass is 10.3. The minimum atomic E-state index is -0.827. The standard InChI is InChI=1S/C12H16N2O4/c1-8-11(5-4-6-13-8)18-7-10(12(16)17-3)14-9(2)15/h4-6,10H,7H2,1-3H3,(H,14,15). The molecule has 0 bridgehead atoms. The first kappa shape index (κ1) is 14.0. The Morgan fingerprint density at radius 2 is 2.22 bits per heavy atom. The van der Waals surface area contributed by atoms with Gasteiger partial charge in [-0.1, -0.05) is 0 Å². The molecule has 1 N–H and O–H groups in total. The van der Waals surface area contributed by atoms with E-state index in [1.807, 2.05) is 0 Å². The molecule has 1 aromatic rings. The van der Waals surface area contributed by atoms with Gasteiger partial charge >= 0.3 is 5.97 Å². The van der Waals surface area contributed by atoms with Crippen molar-refractivity contribution in [2.45, 2.75) is 19.9 Å². The largest absolute Gasteiger partial charge is 0.489 e. The Morgan fingerprint density at radius 1 is 1.50 bits per heavy atom. The molecular weight excluding hydrogens is 236 g/mol. The highest BCUT2D eigenvalue weighted by Crippen LogP contribution is 2.13. The van der Waals surface area contributed by atoms with E-state index < -0.39 is 12.0 Å². The maximum absolute atomic E-state index is 11.4. The van der Waals surface area contributed by atoms with Crippen molar-refractivity contribution in [1.82, 2.24) is 10.3 Å². The molecule has 0 saturated heterocycles. The summed E-state index contributed by atoms with van der Waals surface area (Å²) >= 11 is 0. The Labute approximate surface area is 105 Å². The molecule has 0 spiro atoms. The Balaban J connectivity index is 2.64. The smallest absolute Gasteiger partial charge is 0.331 e. The van der Waals surface area contributed by atoms with Gasteiger partial charge in [-0.3, -0.25) is 9.78 Å². The number of pyridine rings is 1. The summed E-state index contributed by atoms with van der Waals surface area (Å²) in [6, 6.07) is 2.64. The highest BCUT2D eigenvalue weighted by molar-refractivity contribution is 5.83. The number of carbonyl (C=O) groups is 2. The average molecular weight is 252 g/mol. The van der Waals surface area contributed by atoms with Crippen LogP contribution >= 0.6 is 0 Å². The summed E-state index contributed by atoms with van der Waals surface area (Å²) in [6.45, 7) is 3.12. The van der Waals surface area contributed by atoms with Crippen molar-refractivity contribution in [3.63, 3.8) is 0 Å². The molecule has 0 fully saturated rings. The number of ether oxygens (including phenoxy) is 2. The molecule has 18 heavy (non-hydrogen) atoms. The zero-order valence-electron chi connectivity index (χ0n) is 10.6. The average Bonchev–Trinajstić information content (AvgIpc) is 2.34. The summed E-state index contributed by atoms with van der Waals surface area (Å²) in [5.74, 6) is -0.305. The van der Waals surface area contributed by atoms with Crippen LogP contribution in [0, 0.1) is 6.92 Å². The van der Waals surface area contributed by atoms with Crippen molar-refractivity contribution in [3.8, 4) is 5.75 Å². The molecule has 1 aromatic heterocycles. The molecule has 1 heterocycles. The Kier molecular flexibility index (Phi) is 5.10. The first-order valence-corrected chi connectivity index (χ1v) is 5.44. The second-order valence-electron chi connectivity index (χ2n) is 3.67. The molecule has 1 rings (SSSR count). The molecule has 6 heteroatoms. The van der Waals surface area contributed by atoms with Gasteiger partial charge in [-0.2, -0.15) is 0 Å². The summed E-state index contributed by atoms with van der Waals surface area (Å²) in [5, 5.41) is 2.46. The molecule has 6 nitrogen and oxygen atoms in total. The number of carbonyl (C=O) groups excluding carboxylic acids is 2. The van der Waals surface area contributed by atoms with E-state index in [9.17, 15) is 9.59 Å². The molecule has 1 amide bonds. The van der Waals surface area contributed by atoms with Crippen LogP contribution in [0.5, 0.6) is 5.75 Å². The van der Waals surface area contributed by atoms with Crippen LogP contribution in [0.2, 0.25) is 0 Å². The van der Waals surface area contributed by atoms with Gasteiger partial charge in [-0.25, -0.2) is 4.79 Å². The molecule has 0 aromatic carbocycles. The van der Waals surface area contributed by atoms with E-state index >= 15 is 0 Å². The summed E-state index contributed by atoms with van der Waals surface area (Å²) in [5.41, 5.74) is 0.712. The number of hydrogen-bond acceptors (Lipinski definition) is 5. The highest BCUT2D eigenvalue weighted by atomic mass is 16.5. The lowest BCUT2D eigenvalue weighted by Crippen LogP contribution is -2.44. The fourth-order valence-electron chi connectivity index (χ4n) is 1.35. The number of nitrogens with one attached hydrogen (secondary N) is 1. The highest BCUT2D eigenvalue weighted by Gasteiger charge is 2.21. The van der Waals surface area contributed by atoms with Crippen LogP contribution in [-0.2, 0) is 14.3 Å². The van der Waals surface area contributed by atoms with E-state index in [1.165, 1.54) is 14.0 Å². The number of hydrogen-bond donors (Lipinski definition) is 1. The fraction of sp³-hybridized carbons (Fsp3) is 0.417. The quantitative estimate of drug-likeness (QED) is 0.770. The van der Waals surface area contributed by atoms with Crippen molar-refractivity contribution >= 4 is 11.9 Å². The van der Waals surface area contributed by atoms with Gasteiger partial charge in [-0.15, -0.1) is 0 Å². The van der Waals surface area contributed by atoms with Crippen LogP contribution in [-0.4, -0.2) is 36.6 Å². The molecule has 0 aliphatic carbocycles. The predicted molar refractivity (Wildman–Crippen MR) is 64.1 cm³/mol. The van der Waals surface area contributed by atoms with Crippen molar-refractivity contribution in [3.05, 3.63) is 24.0 Å². The lowest BCUT2D eigenvalue weighted by molar-refractivity contribution is -0.145. The third kappa shape index (κ3) is 4.04. The fourth-order valence-corrected chi connectivity index (χ4v) is 1.35. The zero-order chi connectivity index (χ0) is 13.5. The van der Waals surface area contributed by atoms with Gasteiger partial charge in [-0.05, 0) is 19.1 Å². The summed E-state index contributed by atoms with van der Waals surface area (Å²) in [6.07, 6.45) is 1.65. The van der Waals surface area contributed by atoms with Gasteiger partial charge in [0.05, 0.1) is 12.8 Å². The van der Waals surface area contributed by atoms with Crippen LogP contribution in [0.1, 0.15) is 12.6 Å². The number of rotatable bonds is 5. The van der Waals surface area contributed by atoms with Crippen molar-refractivity contribution in [1.29, 1.82) is 0 Å². The normalized spacial score (nSPS) is 11.5. The first-order valence-electron chi connectivity index (χ1n) is 5.44. The predicted octanol–water partition coefficient (Wildman–Crippen LogP) is 0.447. The van der Waals surface area contributed by atoms with Crippen LogP contribution in [0.4, 0.5) is 0 Å². The molecule has 98 valence electrons. The minimum absolute atomic E-state index is 0.00120. The van der Waals surface area contributed by atoms with Gasteiger partial charge < -0.3 is 14.8 Å². The Hall–Kier alpha value is -2.11. The van der Waals surface area contributed by atoms with Gasteiger partial charge in [0.2, 0.25) is 5.91 Å². The van der Waals surface area contributed by atoms with E-state index in [1.54, 1.807) is 25.3 Å². The van der Waals surface area contributed by atoms with Gasteiger partial charge in [0.1, 0.15) is 12.4 Å². The van der Waals surface area contributed by atoms with Gasteiger partial charge in [0, 0.05) is 13.1 Å². The van der Waals surface area contributed by atoms with Crippen LogP contribution in [0.15, 0.2) is 18.3 Å². The lowest BCUT2D eigenvalue weighted by Gasteiger charge is -2.16. The van der Waals surface area contributed by atoms with Gasteiger partial charge in [0.15, 0.2) is 6.04 Å². The van der Waals surface area contributed by atoms with Gasteiger partial charge in [0.25, 0.3) is 0 Å². The number of nitrogens with zero attached hydrogens (tertiary/aromatic N) is 1. The van der Waals surface area contributed by atoms with Crippen LogP contribution in [0.25, 0.3) is 0 Å². The Morgan fingerprint density at radius 3 is 2.78 bits per heavy atom. The van der Waals surface area contributed by atoms with E-state index in [-0.39, 0.29) is 12.5 Å². The molecule has 1 atom stereocenters. The summed E-state index contributed by atoms with van der Waals surface area (Å²) < 4.78 is 10.0. The molecular formula is C12H16N2O4. The molecule has 0 aliphatic heterocycles. The number of esters is 1. The third-order valence-corrected chi connectivity index (χ3v) is 2.23. The van der Waals surface area contributed by atoms with E-state index in [0.29, 0.717) is 11.4 Å². The number of aryl methyl sites for hydroxylation is 1. The topological polar surface area (TPSA) is 77.5 Å². The van der Waals surface area contributed by atoms with Crippen LogP contribution < -0.4 is 10.1 Å². The molecule has 0 saturated carbocycles. The Bertz CT molecular complexity index is 434. The second kappa shape index (κ2) is 6.58. The number of aromatic nitrogens is 1. The van der Waals surface area contributed by atoms with Crippen LogP contribution in [0.3, 0.4) is 0 Å². The maximum atomic E-state index is 11.4. The second-order valence-corrected chi connectivity index (χ2v) is 3.67. The molecule has 0 radical (unpaired) electrons. The summed E-state index contributed by atoms with van der Waals surface area (Å²) in [4.78, 5) is 26.4. The zero-order valence-corrected chi connectivity index (χ0v) is 10.6. The van der Waals surface area contributed by atoms with E-state index in [2.05, 4.69) is 15.0 Å². The third-order valence-electron chi connectivity index (χ3n) is 2.23. The van der Waals surface area contributed by atoms with Crippen molar-refractivity contribution in [2.24, 2.45) is 0 Å². The van der Waals surface area contributed by atoms with Crippen molar-refractivity contribution < 1.29 is 19.1 Å². The monoisotopic (exact) mass is 252 g/mol. The number of methoxy groups -OCH3 is 1. The molecule has 1 unspecified atom stereocenters.